The van der Waals surface area contributed by atoms with Crippen molar-refractivity contribution in [2.45, 2.75) is 19.0 Å². The normalized spacial score (nSPS) is 19.6. The Balaban J connectivity index is 2.12. The average molecular weight is 258 g/mol. The summed E-state index contributed by atoms with van der Waals surface area (Å²) in [7, 11) is 0. The van der Waals surface area contributed by atoms with Gasteiger partial charge in [-0.25, -0.2) is 8.78 Å². The van der Waals surface area contributed by atoms with Crippen molar-refractivity contribution in [2.75, 3.05) is 6.61 Å². The van der Waals surface area contributed by atoms with Crippen molar-refractivity contribution in [3.8, 4) is 11.5 Å². The van der Waals surface area contributed by atoms with Crippen LogP contribution < -0.4 is 9.47 Å². The van der Waals surface area contributed by atoms with Gasteiger partial charge in [-0.05, 0) is 12.1 Å². The lowest BCUT2D eigenvalue weighted by Crippen LogP contribution is -2.40. The highest BCUT2D eigenvalue weighted by molar-refractivity contribution is 5.67. The molecule has 0 fully saturated rings. The number of fused-ring (bicyclic) bond motifs is 1. The number of aliphatic carboxylic acids is 1. The van der Waals surface area contributed by atoms with Crippen LogP contribution in [-0.2, 0) is 4.79 Å². The van der Waals surface area contributed by atoms with Crippen LogP contribution in [0.25, 0.3) is 0 Å². The molecule has 0 saturated heterocycles. The van der Waals surface area contributed by atoms with Crippen LogP contribution in [0.4, 0.5) is 8.78 Å². The molecule has 0 aliphatic carbocycles. The van der Waals surface area contributed by atoms with E-state index in [0.717, 1.165) is 0 Å². The molecule has 4 nitrogen and oxygen atoms in total. The third kappa shape index (κ3) is 2.69. The third-order valence-corrected chi connectivity index (χ3v) is 2.74. The molecule has 18 heavy (non-hydrogen) atoms. The van der Waals surface area contributed by atoms with Crippen LogP contribution in [0.1, 0.15) is 6.42 Å². The zero-order valence-corrected chi connectivity index (χ0v) is 9.38. The van der Waals surface area contributed by atoms with Gasteiger partial charge in [-0.2, -0.15) is 0 Å². The summed E-state index contributed by atoms with van der Waals surface area (Å²) in [6.45, 7) is -0.0701. The number of hydrogen-bond donors (Lipinski definition) is 1. The van der Waals surface area contributed by atoms with Gasteiger partial charge in [-0.1, -0.05) is 12.1 Å². The van der Waals surface area contributed by atoms with Gasteiger partial charge in [-0.15, -0.1) is 0 Å². The van der Waals surface area contributed by atoms with Gasteiger partial charge in [0, 0.05) is 0 Å². The van der Waals surface area contributed by atoms with Gasteiger partial charge in [0.2, 0.25) is 6.43 Å². The third-order valence-electron chi connectivity index (χ3n) is 2.74. The Morgan fingerprint density at radius 1 is 1.39 bits per heavy atom. The number of carboxylic acid groups (broad SMARTS) is 1. The first-order valence-corrected chi connectivity index (χ1v) is 5.46. The molecule has 0 amide bonds. The Morgan fingerprint density at radius 2 is 2.06 bits per heavy atom. The summed E-state index contributed by atoms with van der Waals surface area (Å²) in [4.78, 5) is 10.6. The van der Waals surface area contributed by atoms with Crippen LogP contribution in [0.3, 0.4) is 0 Å². The van der Waals surface area contributed by atoms with Crippen LogP contribution in [0.15, 0.2) is 24.3 Å². The number of carbonyl (C=O) groups is 1. The number of alkyl halides is 2. The van der Waals surface area contributed by atoms with Crippen molar-refractivity contribution in [2.24, 2.45) is 5.92 Å². The molecule has 1 N–H and O–H groups in total. The van der Waals surface area contributed by atoms with Crippen LogP contribution in [0.5, 0.6) is 11.5 Å². The molecule has 0 spiro atoms. The summed E-state index contributed by atoms with van der Waals surface area (Å²) < 4.78 is 36.3. The van der Waals surface area contributed by atoms with Crippen molar-refractivity contribution in [1.29, 1.82) is 0 Å². The quantitative estimate of drug-likeness (QED) is 0.899. The van der Waals surface area contributed by atoms with E-state index in [2.05, 4.69) is 0 Å². The van der Waals surface area contributed by atoms with Crippen LogP contribution in [0.2, 0.25) is 0 Å². The predicted molar refractivity (Wildman–Crippen MR) is 58.1 cm³/mol. The molecule has 6 heteroatoms. The first-order valence-electron chi connectivity index (χ1n) is 5.46. The van der Waals surface area contributed by atoms with E-state index >= 15 is 0 Å². The highest BCUT2D eigenvalue weighted by Crippen LogP contribution is 2.34. The SMILES string of the molecule is O=C(O)CC(C(F)F)C1COc2ccccc2O1. The molecular weight excluding hydrogens is 246 g/mol. The molecule has 2 rings (SSSR count). The summed E-state index contributed by atoms with van der Waals surface area (Å²) in [5, 5.41) is 8.63. The summed E-state index contributed by atoms with van der Waals surface area (Å²) in [5.41, 5.74) is 0. The van der Waals surface area contributed by atoms with E-state index in [1.54, 1.807) is 24.3 Å². The van der Waals surface area contributed by atoms with Gasteiger partial charge >= 0.3 is 5.97 Å². The maximum atomic E-state index is 12.8. The van der Waals surface area contributed by atoms with Gasteiger partial charge in [0.1, 0.15) is 12.7 Å². The smallest absolute Gasteiger partial charge is 0.303 e. The first kappa shape index (κ1) is 12.6. The molecule has 0 bridgehead atoms. The molecule has 0 saturated carbocycles. The highest BCUT2D eigenvalue weighted by atomic mass is 19.3. The number of benzene rings is 1. The Hall–Kier alpha value is -1.85. The zero-order valence-electron chi connectivity index (χ0n) is 9.38. The predicted octanol–water partition coefficient (Wildman–Crippen LogP) is 2.18. The second-order valence-electron chi connectivity index (χ2n) is 4.01. The summed E-state index contributed by atoms with van der Waals surface area (Å²) in [5.74, 6) is -1.81. The zero-order chi connectivity index (χ0) is 13.1. The molecular formula is C12H12F2O4. The Bertz CT molecular complexity index is 436. The van der Waals surface area contributed by atoms with Gasteiger partial charge in [0.15, 0.2) is 11.5 Å². The van der Waals surface area contributed by atoms with E-state index in [9.17, 15) is 13.6 Å². The van der Waals surface area contributed by atoms with Crippen molar-refractivity contribution in [1.82, 2.24) is 0 Å². The monoisotopic (exact) mass is 258 g/mol. The number of carboxylic acids is 1. The van der Waals surface area contributed by atoms with E-state index in [-0.39, 0.29) is 6.61 Å². The maximum absolute atomic E-state index is 12.8. The van der Waals surface area contributed by atoms with Crippen LogP contribution >= 0.6 is 0 Å². The van der Waals surface area contributed by atoms with E-state index in [1.807, 2.05) is 0 Å². The molecule has 1 aromatic rings. The number of rotatable bonds is 4. The van der Waals surface area contributed by atoms with Gasteiger partial charge < -0.3 is 14.6 Å². The van der Waals surface area contributed by atoms with Gasteiger partial charge in [-0.3, -0.25) is 4.79 Å². The minimum absolute atomic E-state index is 0.0701. The summed E-state index contributed by atoms with van der Waals surface area (Å²) in [6, 6.07) is 6.70. The lowest BCUT2D eigenvalue weighted by molar-refractivity contribution is -0.142. The molecule has 0 radical (unpaired) electrons. The van der Waals surface area contributed by atoms with E-state index in [4.69, 9.17) is 14.6 Å². The number of halogens is 2. The van der Waals surface area contributed by atoms with Crippen molar-refractivity contribution < 1.29 is 28.2 Å². The van der Waals surface area contributed by atoms with E-state index < -0.39 is 30.8 Å². The number of hydrogen-bond acceptors (Lipinski definition) is 3. The highest BCUT2D eigenvalue weighted by Gasteiger charge is 2.36. The lowest BCUT2D eigenvalue weighted by Gasteiger charge is -2.31. The Labute approximate surface area is 102 Å². The average Bonchev–Trinajstić information content (AvgIpc) is 2.35. The Morgan fingerprint density at radius 3 is 2.67 bits per heavy atom. The number of para-hydroxylation sites is 2. The van der Waals surface area contributed by atoms with Crippen molar-refractivity contribution >= 4 is 5.97 Å². The fourth-order valence-corrected chi connectivity index (χ4v) is 1.83. The Kier molecular flexibility index (Phi) is 3.64. The molecule has 1 heterocycles. The molecule has 1 aliphatic rings. The molecule has 98 valence electrons. The molecule has 1 aromatic carbocycles. The minimum atomic E-state index is -2.76. The van der Waals surface area contributed by atoms with E-state index in [1.165, 1.54) is 0 Å². The topological polar surface area (TPSA) is 55.8 Å². The molecule has 2 unspecified atom stereocenters. The lowest BCUT2D eigenvalue weighted by atomic mass is 9.99. The maximum Gasteiger partial charge on any atom is 0.303 e. The second kappa shape index (κ2) is 5.20. The van der Waals surface area contributed by atoms with Crippen molar-refractivity contribution in [3.05, 3.63) is 24.3 Å². The largest absolute Gasteiger partial charge is 0.486 e. The number of ether oxygens (including phenoxy) is 2. The van der Waals surface area contributed by atoms with Crippen LogP contribution in [-0.4, -0.2) is 30.2 Å². The fourth-order valence-electron chi connectivity index (χ4n) is 1.83. The summed E-state index contributed by atoms with van der Waals surface area (Å²) in [6.07, 6.45) is -4.36. The summed E-state index contributed by atoms with van der Waals surface area (Å²) >= 11 is 0. The van der Waals surface area contributed by atoms with Gasteiger partial charge in [0.05, 0.1) is 12.3 Å². The molecule has 1 aliphatic heterocycles. The standard InChI is InChI=1S/C12H12F2O4/c13-12(14)7(5-11(15)16)10-6-17-8-3-1-2-4-9(8)18-10/h1-4,7,10,12H,5-6H2,(H,15,16). The molecule has 2 atom stereocenters. The minimum Gasteiger partial charge on any atom is -0.486 e. The first-order chi connectivity index (χ1) is 8.58. The molecule has 0 aromatic heterocycles. The van der Waals surface area contributed by atoms with Crippen LogP contribution in [0, 0.1) is 5.92 Å². The fraction of sp³-hybridized carbons (Fsp3) is 0.417. The van der Waals surface area contributed by atoms with Gasteiger partial charge in [0.25, 0.3) is 0 Å². The van der Waals surface area contributed by atoms with Crippen molar-refractivity contribution in [3.63, 3.8) is 0 Å². The van der Waals surface area contributed by atoms with E-state index in [0.29, 0.717) is 11.5 Å². The second-order valence-corrected chi connectivity index (χ2v) is 4.01.